The van der Waals surface area contributed by atoms with E-state index in [1.807, 2.05) is 0 Å². The second-order valence-corrected chi connectivity index (χ2v) is 0. The van der Waals surface area contributed by atoms with Gasteiger partial charge in [-0.15, -0.1) is 0 Å². The summed E-state index contributed by atoms with van der Waals surface area (Å²) in [6.45, 7) is 0. The van der Waals surface area contributed by atoms with Crippen molar-refractivity contribution in [1.82, 2.24) is 0 Å². The Morgan fingerprint density at radius 3 is 0.154 bits per heavy atom. The topological polar surface area (TPSA) is 0 Å². The maximum Gasteiger partial charge on any atom is 0 e. The standard InChI is InChI=1S/4Ar.9Xe. The van der Waals surface area contributed by atoms with E-state index in [0.717, 1.165) is 0 Å². The molecule has 0 rings (SSSR count). The molecule has 0 atom stereocenters. The van der Waals surface area contributed by atoms with Gasteiger partial charge in [0.25, 0.3) is 0 Å². The summed E-state index contributed by atoms with van der Waals surface area (Å²) in [6.07, 6.45) is 0. The molecule has 0 N–H and O–H groups in total. The van der Waals surface area contributed by atoms with Crippen molar-refractivity contribution in [3.63, 3.8) is 0 Å². The van der Waals surface area contributed by atoms with Crippen LogP contribution >= 0.6 is 0 Å². The first-order valence-corrected chi connectivity index (χ1v) is 0. The number of hydrogen-bond donors (Lipinski definition) is 0. The zero-order chi connectivity index (χ0) is 0. The van der Waals surface area contributed by atoms with Crippen LogP contribution in [-0.4, -0.2) is 0 Å². The predicted octanol–water partition coefficient (Wildman–Crippen LogP) is 0. The van der Waals surface area contributed by atoms with Crippen LogP contribution in [0.4, 0.5) is 0 Å². The summed E-state index contributed by atoms with van der Waals surface area (Å²) in [5, 5.41) is 0. The largest absolute Gasteiger partial charge is 0 e. The summed E-state index contributed by atoms with van der Waals surface area (Å²) < 4.78 is 0. The van der Waals surface area contributed by atoms with Crippen LogP contribution < -0.4 is 0 Å². The second kappa shape index (κ2) is 77.2. The quantitative estimate of drug-likeness (QED) is 0.321. The SMILES string of the molecule is [Ar].[Ar].[Ar].[Ar].[Xe].[Xe].[Xe].[Xe].[Xe].[Xe].[Xe].[Xe].[Xe]. The van der Waals surface area contributed by atoms with Gasteiger partial charge in [-0.3, -0.25) is 0 Å². The van der Waals surface area contributed by atoms with E-state index in [4.69, 9.17) is 0 Å². The molecule has 0 aromatic rings. The first-order valence-electron chi connectivity index (χ1n) is 0. The Bertz CT molecular complexity index is 11.6. The Balaban J connectivity index is 0. The van der Waals surface area contributed by atoms with E-state index in [1.165, 1.54) is 0 Å². The molecule has 0 aromatic heterocycles. The van der Waals surface area contributed by atoms with Gasteiger partial charge in [0.1, 0.15) is 0 Å². The molecule has 104 valence electrons. The maximum atomic E-state index is 0. The Labute approximate surface area is 565 Å². The van der Waals surface area contributed by atoms with Gasteiger partial charge in [0.15, 0.2) is 0 Å². The molecule has 0 aliphatic rings. The van der Waals surface area contributed by atoms with Crippen molar-refractivity contribution in [3.05, 3.63) is 0 Å². The fourth-order valence-corrected chi connectivity index (χ4v) is 0. The maximum absolute atomic E-state index is 0. The Kier molecular flexibility index (Phi) is 505. The summed E-state index contributed by atoms with van der Waals surface area (Å²) >= 11 is 0. The van der Waals surface area contributed by atoms with Gasteiger partial charge >= 0.3 is 0 Å². The van der Waals surface area contributed by atoms with E-state index >= 15 is 0 Å². The minimum absolute atomic E-state index is 0. The molecule has 0 unspecified atom stereocenters. The molecular formula is Ar4Xe9. The average molecular weight is 1340 g/mol. The summed E-state index contributed by atoms with van der Waals surface area (Å²) in [7, 11) is 0. The molecule has 0 nitrogen and oxygen atoms in total. The Morgan fingerprint density at radius 2 is 0.154 bits per heavy atom. The molecular weight excluding hydrogens is 1340 g/mol. The van der Waals surface area contributed by atoms with E-state index < -0.39 is 0 Å². The van der Waals surface area contributed by atoms with E-state index in [0.29, 0.717) is 0 Å². The van der Waals surface area contributed by atoms with Crippen molar-refractivity contribution in [1.29, 1.82) is 0 Å². The van der Waals surface area contributed by atoms with Crippen LogP contribution in [0.25, 0.3) is 0 Å². The fourth-order valence-electron chi connectivity index (χ4n) is 0. The van der Waals surface area contributed by atoms with Crippen molar-refractivity contribution < 1.29 is 591 Å². The van der Waals surface area contributed by atoms with Crippen LogP contribution in [0.15, 0.2) is 0 Å². The van der Waals surface area contributed by atoms with Crippen molar-refractivity contribution >= 4 is 0 Å². The molecule has 0 saturated heterocycles. The molecule has 0 amide bonds. The Hall–Kier alpha value is 19.2. The van der Waals surface area contributed by atoms with E-state index in [-0.39, 0.29) is 591 Å². The number of hydrogen-bond acceptors (Lipinski definition) is 0. The smallest absolute Gasteiger partial charge is 0 e. The molecule has 0 aliphatic heterocycles. The molecule has 0 heterocycles. The third-order valence-corrected chi connectivity index (χ3v) is 0. The monoisotopic (exact) mass is 1350 g/mol. The molecule has 0 aliphatic carbocycles. The minimum Gasteiger partial charge on any atom is 0 e. The fraction of sp³-hybridized carbons (Fsp3) is 0. The van der Waals surface area contributed by atoms with Gasteiger partial charge in [0.05, 0.1) is 0 Å². The van der Waals surface area contributed by atoms with Gasteiger partial charge in [-0.05, 0) is 0 Å². The van der Waals surface area contributed by atoms with E-state index in [1.54, 1.807) is 0 Å². The van der Waals surface area contributed by atoms with E-state index in [2.05, 4.69) is 0 Å². The van der Waals surface area contributed by atoms with E-state index in [9.17, 15) is 0 Å². The molecule has 0 saturated carbocycles. The zero-order valence-electron chi connectivity index (χ0n) is 4.60. The summed E-state index contributed by atoms with van der Waals surface area (Å²) in [5.41, 5.74) is 0. The molecule has 0 radical (unpaired) electrons. The van der Waals surface area contributed by atoms with Crippen LogP contribution in [0.1, 0.15) is 0 Å². The van der Waals surface area contributed by atoms with Crippen molar-refractivity contribution in [2.45, 2.75) is 0 Å². The minimum atomic E-state index is 0. The average Bonchev–Trinajstić information content (AvgIpc) is 0. The summed E-state index contributed by atoms with van der Waals surface area (Å²) in [5.74, 6) is 0. The summed E-state index contributed by atoms with van der Waals surface area (Å²) in [4.78, 5) is 0. The van der Waals surface area contributed by atoms with Crippen LogP contribution in [0.5, 0.6) is 0 Å². The second-order valence-electron chi connectivity index (χ2n) is 0. The third kappa shape index (κ3) is 72.2. The van der Waals surface area contributed by atoms with Gasteiger partial charge in [0.2, 0.25) is 0 Å². The van der Waals surface area contributed by atoms with Crippen molar-refractivity contribution in [2.75, 3.05) is 0 Å². The van der Waals surface area contributed by atoms with Crippen molar-refractivity contribution in [2.24, 2.45) is 0 Å². The van der Waals surface area contributed by atoms with Crippen LogP contribution in [0.3, 0.4) is 0 Å². The molecule has 0 spiro atoms. The number of rotatable bonds is 0. The predicted molar refractivity (Wildman–Crippen MR) is 0 cm³/mol. The van der Waals surface area contributed by atoms with Gasteiger partial charge in [-0.1, -0.05) is 0 Å². The first kappa shape index (κ1) is 85.0. The molecule has 0 bridgehead atoms. The normalized spacial score (nSPS) is 0. The van der Waals surface area contributed by atoms with Gasteiger partial charge < -0.3 is 0 Å². The first-order chi connectivity index (χ1) is 0. The molecule has 13 heavy (non-hydrogen) atoms. The van der Waals surface area contributed by atoms with Crippen LogP contribution in [0, 0.1) is 591 Å². The molecule has 13 heteroatoms. The molecule has 0 aromatic carbocycles. The van der Waals surface area contributed by atoms with Crippen LogP contribution in [-0.2, 0) is 0 Å². The molecule has 0 fully saturated rings. The third-order valence-electron chi connectivity index (χ3n) is 0. The van der Waals surface area contributed by atoms with Crippen molar-refractivity contribution in [3.8, 4) is 0 Å². The van der Waals surface area contributed by atoms with Gasteiger partial charge in [-0.2, -0.15) is 0 Å². The van der Waals surface area contributed by atoms with Gasteiger partial charge in [0, 0.05) is 591 Å². The van der Waals surface area contributed by atoms with Gasteiger partial charge in [-0.25, -0.2) is 0 Å². The zero-order valence-corrected chi connectivity index (χ0v) is 25.6. The summed E-state index contributed by atoms with van der Waals surface area (Å²) in [6, 6.07) is 0. The van der Waals surface area contributed by atoms with Crippen LogP contribution in [0.2, 0.25) is 0 Å². The Morgan fingerprint density at radius 1 is 0.154 bits per heavy atom.